The Hall–Kier alpha value is -1.59. The smallest absolute Gasteiger partial charge is 0.244 e. The molecule has 1 aromatic carbocycles. The van der Waals surface area contributed by atoms with Gasteiger partial charge in [0.05, 0.1) is 6.20 Å². The van der Waals surface area contributed by atoms with Crippen LogP contribution in [0.1, 0.15) is 18.4 Å². The summed E-state index contributed by atoms with van der Waals surface area (Å²) in [4.78, 5) is 6.74. The van der Waals surface area contributed by atoms with E-state index in [1.807, 2.05) is 12.1 Å². The van der Waals surface area contributed by atoms with Crippen molar-refractivity contribution in [2.24, 2.45) is 0 Å². The van der Waals surface area contributed by atoms with Crippen LogP contribution in [0, 0.1) is 0 Å². The molecule has 1 aliphatic rings. The molecule has 0 saturated carbocycles. The second kappa shape index (κ2) is 7.11. The Morgan fingerprint density at radius 1 is 1.18 bits per heavy atom. The van der Waals surface area contributed by atoms with Crippen molar-refractivity contribution in [3.05, 3.63) is 40.0 Å². The summed E-state index contributed by atoms with van der Waals surface area (Å²) in [6.07, 6.45) is 4.91. The maximum Gasteiger partial charge on any atom is 0.244 e. The van der Waals surface area contributed by atoms with Gasteiger partial charge >= 0.3 is 0 Å². The van der Waals surface area contributed by atoms with E-state index >= 15 is 0 Å². The zero-order chi connectivity index (χ0) is 15.4. The SMILES string of the molecule is Clc1ccc(CCNc2nncc(N3CCCC3)n2)c(Cl)c1. The predicted molar refractivity (Wildman–Crippen MR) is 89.9 cm³/mol. The van der Waals surface area contributed by atoms with Crippen LogP contribution in [0.5, 0.6) is 0 Å². The Morgan fingerprint density at radius 3 is 2.77 bits per heavy atom. The normalized spacial score (nSPS) is 14.4. The molecule has 0 unspecified atom stereocenters. The number of nitrogens with one attached hydrogen (secondary N) is 1. The molecule has 7 heteroatoms. The van der Waals surface area contributed by atoms with Crippen LogP contribution in [0.2, 0.25) is 10.0 Å². The van der Waals surface area contributed by atoms with E-state index in [0.29, 0.717) is 22.5 Å². The van der Waals surface area contributed by atoms with Gasteiger partial charge < -0.3 is 10.2 Å². The second-order valence-electron chi connectivity index (χ2n) is 5.24. The zero-order valence-corrected chi connectivity index (χ0v) is 13.6. The van der Waals surface area contributed by atoms with Gasteiger partial charge in [0.2, 0.25) is 5.95 Å². The van der Waals surface area contributed by atoms with Crippen LogP contribution in [-0.4, -0.2) is 34.8 Å². The molecule has 2 aromatic rings. The molecule has 5 nitrogen and oxygen atoms in total. The first-order chi connectivity index (χ1) is 10.7. The third-order valence-corrected chi connectivity index (χ3v) is 4.26. The number of rotatable bonds is 5. The molecule has 116 valence electrons. The molecule has 0 radical (unpaired) electrons. The molecule has 1 N–H and O–H groups in total. The van der Waals surface area contributed by atoms with Gasteiger partial charge in [0.15, 0.2) is 5.82 Å². The zero-order valence-electron chi connectivity index (χ0n) is 12.1. The molecule has 0 aliphatic carbocycles. The molecule has 1 aromatic heterocycles. The van der Waals surface area contributed by atoms with E-state index in [4.69, 9.17) is 23.2 Å². The van der Waals surface area contributed by atoms with Crippen molar-refractivity contribution in [2.75, 3.05) is 29.9 Å². The largest absolute Gasteiger partial charge is 0.355 e. The molecular weight excluding hydrogens is 321 g/mol. The van der Waals surface area contributed by atoms with E-state index in [2.05, 4.69) is 25.4 Å². The molecule has 3 rings (SSSR count). The van der Waals surface area contributed by atoms with Crippen LogP contribution < -0.4 is 10.2 Å². The molecule has 0 spiro atoms. The molecule has 0 atom stereocenters. The summed E-state index contributed by atoms with van der Waals surface area (Å²) in [6, 6.07) is 5.53. The van der Waals surface area contributed by atoms with Gasteiger partial charge in [-0.1, -0.05) is 29.3 Å². The highest BCUT2D eigenvalue weighted by Crippen LogP contribution is 2.21. The Balaban J connectivity index is 1.58. The van der Waals surface area contributed by atoms with E-state index in [1.165, 1.54) is 12.8 Å². The number of aromatic nitrogens is 3. The van der Waals surface area contributed by atoms with Gasteiger partial charge in [0.25, 0.3) is 0 Å². The third-order valence-electron chi connectivity index (χ3n) is 3.67. The Labute approximate surface area is 139 Å². The monoisotopic (exact) mass is 337 g/mol. The van der Waals surface area contributed by atoms with Crippen molar-refractivity contribution >= 4 is 35.0 Å². The van der Waals surface area contributed by atoms with Gasteiger partial charge in [-0.3, -0.25) is 0 Å². The summed E-state index contributed by atoms with van der Waals surface area (Å²) in [5.41, 5.74) is 1.04. The highest BCUT2D eigenvalue weighted by Gasteiger charge is 2.14. The Bertz CT molecular complexity index is 644. The highest BCUT2D eigenvalue weighted by molar-refractivity contribution is 6.35. The quantitative estimate of drug-likeness (QED) is 0.905. The van der Waals surface area contributed by atoms with Crippen LogP contribution in [-0.2, 0) is 6.42 Å². The summed E-state index contributed by atoms with van der Waals surface area (Å²) in [6.45, 7) is 2.77. The summed E-state index contributed by atoms with van der Waals surface area (Å²) < 4.78 is 0. The predicted octanol–water partition coefficient (Wildman–Crippen LogP) is 3.43. The standard InChI is InChI=1S/C15H17Cl2N5/c16-12-4-3-11(13(17)9-12)5-6-18-15-20-14(10-19-21-15)22-7-1-2-8-22/h3-4,9-10H,1-2,5-8H2,(H,18,20,21). The van der Waals surface area contributed by atoms with Gasteiger partial charge in [-0.15, -0.1) is 5.10 Å². The van der Waals surface area contributed by atoms with Gasteiger partial charge in [-0.05, 0) is 37.0 Å². The molecule has 0 bridgehead atoms. The minimum atomic E-state index is 0.550. The first-order valence-electron chi connectivity index (χ1n) is 7.35. The summed E-state index contributed by atoms with van der Waals surface area (Å²) in [7, 11) is 0. The number of hydrogen-bond donors (Lipinski definition) is 1. The van der Waals surface area contributed by atoms with Crippen LogP contribution in [0.25, 0.3) is 0 Å². The van der Waals surface area contributed by atoms with E-state index in [-0.39, 0.29) is 0 Å². The Morgan fingerprint density at radius 2 is 2.00 bits per heavy atom. The summed E-state index contributed by atoms with van der Waals surface area (Å²) >= 11 is 12.1. The number of benzene rings is 1. The van der Waals surface area contributed by atoms with Crippen molar-refractivity contribution in [2.45, 2.75) is 19.3 Å². The lowest BCUT2D eigenvalue weighted by molar-refractivity contribution is 0.874. The lowest BCUT2D eigenvalue weighted by Gasteiger charge is -2.16. The summed E-state index contributed by atoms with van der Waals surface area (Å²) in [5, 5.41) is 12.6. The van der Waals surface area contributed by atoms with Crippen molar-refractivity contribution in [1.82, 2.24) is 15.2 Å². The van der Waals surface area contributed by atoms with Gasteiger partial charge in [-0.2, -0.15) is 10.1 Å². The molecular formula is C15H17Cl2N5. The van der Waals surface area contributed by atoms with E-state index < -0.39 is 0 Å². The first kappa shape index (κ1) is 15.3. The van der Waals surface area contributed by atoms with E-state index in [0.717, 1.165) is 30.9 Å². The highest BCUT2D eigenvalue weighted by atomic mass is 35.5. The maximum atomic E-state index is 6.16. The van der Waals surface area contributed by atoms with Crippen molar-refractivity contribution in [1.29, 1.82) is 0 Å². The number of nitrogens with zero attached hydrogens (tertiary/aromatic N) is 4. The summed E-state index contributed by atoms with van der Waals surface area (Å²) in [5.74, 6) is 1.44. The van der Waals surface area contributed by atoms with Crippen molar-refractivity contribution < 1.29 is 0 Å². The van der Waals surface area contributed by atoms with Crippen LogP contribution in [0.4, 0.5) is 11.8 Å². The maximum absolute atomic E-state index is 6.16. The number of hydrogen-bond acceptors (Lipinski definition) is 5. The van der Waals surface area contributed by atoms with Crippen LogP contribution in [0.3, 0.4) is 0 Å². The average molecular weight is 338 g/mol. The fourth-order valence-corrected chi connectivity index (χ4v) is 3.00. The topological polar surface area (TPSA) is 53.9 Å². The molecule has 1 saturated heterocycles. The minimum Gasteiger partial charge on any atom is -0.355 e. The Kier molecular flexibility index (Phi) is 4.95. The average Bonchev–Trinajstić information content (AvgIpc) is 3.04. The van der Waals surface area contributed by atoms with Crippen LogP contribution in [0.15, 0.2) is 24.4 Å². The first-order valence-corrected chi connectivity index (χ1v) is 8.10. The van der Waals surface area contributed by atoms with Gasteiger partial charge in [-0.25, -0.2) is 0 Å². The van der Waals surface area contributed by atoms with E-state index in [1.54, 1.807) is 12.3 Å². The van der Waals surface area contributed by atoms with Crippen molar-refractivity contribution in [3.8, 4) is 0 Å². The van der Waals surface area contributed by atoms with Gasteiger partial charge in [0.1, 0.15) is 0 Å². The lowest BCUT2D eigenvalue weighted by Crippen LogP contribution is -2.20. The lowest BCUT2D eigenvalue weighted by atomic mass is 10.1. The molecule has 1 fully saturated rings. The minimum absolute atomic E-state index is 0.550. The third kappa shape index (κ3) is 3.78. The second-order valence-corrected chi connectivity index (χ2v) is 6.09. The van der Waals surface area contributed by atoms with Crippen molar-refractivity contribution in [3.63, 3.8) is 0 Å². The van der Waals surface area contributed by atoms with Gasteiger partial charge in [0, 0.05) is 29.7 Å². The fraction of sp³-hybridized carbons (Fsp3) is 0.400. The molecule has 22 heavy (non-hydrogen) atoms. The number of anilines is 2. The van der Waals surface area contributed by atoms with E-state index in [9.17, 15) is 0 Å². The molecule has 2 heterocycles. The number of halogens is 2. The fourth-order valence-electron chi connectivity index (χ4n) is 2.50. The molecule has 1 aliphatic heterocycles. The van der Waals surface area contributed by atoms with Crippen LogP contribution >= 0.6 is 23.2 Å². The molecule has 0 amide bonds.